The van der Waals surface area contributed by atoms with Crippen LogP contribution in [0.2, 0.25) is 0 Å². The SMILES string of the molecule is Cc1cc(C(=O)N2CCC(Oc3cc(C)n(C)c(=O)c3)C2)n(C)n1. The summed E-state index contributed by atoms with van der Waals surface area (Å²) in [7, 11) is 3.50. The molecule has 1 aliphatic heterocycles. The minimum atomic E-state index is -0.102. The summed E-state index contributed by atoms with van der Waals surface area (Å²) in [5.74, 6) is 0.524. The van der Waals surface area contributed by atoms with E-state index in [2.05, 4.69) is 5.10 Å². The number of carbonyl (C=O) groups excluding carboxylic acids is 1. The van der Waals surface area contributed by atoms with Crippen molar-refractivity contribution in [1.29, 1.82) is 0 Å². The van der Waals surface area contributed by atoms with Gasteiger partial charge in [-0.2, -0.15) is 5.10 Å². The Hall–Kier alpha value is -2.57. The summed E-state index contributed by atoms with van der Waals surface area (Å²) in [6, 6.07) is 5.12. The van der Waals surface area contributed by atoms with E-state index in [1.807, 2.05) is 19.9 Å². The molecule has 1 atom stereocenters. The maximum atomic E-state index is 12.6. The van der Waals surface area contributed by atoms with Crippen LogP contribution in [-0.2, 0) is 14.1 Å². The number of amides is 1. The monoisotopic (exact) mass is 330 g/mol. The molecule has 0 saturated carbocycles. The van der Waals surface area contributed by atoms with Crippen LogP contribution in [0.3, 0.4) is 0 Å². The number of hydrogen-bond acceptors (Lipinski definition) is 4. The molecule has 3 rings (SSSR count). The molecule has 0 N–H and O–H groups in total. The summed E-state index contributed by atoms with van der Waals surface area (Å²) in [5, 5.41) is 4.22. The Balaban J connectivity index is 1.68. The predicted octanol–water partition coefficient (Wildman–Crippen LogP) is 1.03. The first-order valence-electron chi connectivity index (χ1n) is 7.99. The highest BCUT2D eigenvalue weighted by atomic mass is 16.5. The number of carbonyl (C=O) groups is 1. The van der Waals surface area contributed by atoms with Gasteiger partial charge in [0.05, 0.1) is 12.2 Å². The summed E-state index contributed by atoms with van der Waals surface area (Å²) in [6.45, 7) is 4.88. The molecule has 128 valence electrons. The van der Waals surface area contributed by atoms with Gasteiger partial charge in [-0.1, -0.05) is 0 Å². The van der Waals surface area contributed by atoms with E-state index < -0.39 is 0 Å². The number of aryl methyl sites for hydroxylation is 3. The summed E-state index contributed by atoms with van der Waals surface area (Å²) < 4.78 is 9.09. The second-order valence-electron chi connectivity index (χ2n) is 6.30. The maximum absolute atomic E-state index is 12.6. The third-order valence-electron chi connectivity index (χ3n) is 4.43. The molecule has 1 aliphatic rings. The first kappa shape index (κ1) is 16.3. The second-order valence-corrected chi connectivity index (χ2v) is 6.30. The van der Waals surface area contributed by atoms with Crippen molar-refractivity contribution in [3.05, 3.63) is 45.6 Å². The fourth-order valence-corrected chi connectivity index (χ4v) is 2.98. The minimum absolute atomic E-state index is 0.0376. The molecule has 0 bridgehead atoms. The van der Waals surface area contributed by atoms with Crippen LogP contribution in [0, 0.1) is 13.8 Å². The average molecular weight is 330 g/mol. The van der Waals surface area contributed by atoms with E-state index in [0.29, 0.717) is 24.5 Å². The molecule has 24 heavy (non-hydrogen) atoms. The molecule has 1 unspecified atom stereocenters. The largest absolute Gasteiger partial charge is 0.488 e. The van der Waals surface area contributed by atoms with Crippen LogP contribution < -0.4 is 10.3 Å². The van der Waals surface area contributed by atoms with Crippen LogP contribution in [0.1, 0.15) is 28.3 Å². The van der Waals surface area contributed by atoms with E-state index in [4.69, 9.17) is 4.74 Å². The van der Waals surface area contributed by atoms with E-state index in [1.165, 1.54) is 6.07 Å². The van der Waals surface area contributed by atoms with Crippen LogP contribution >= 0.6 is 0 Å². The highest BCUT2D eigenvalue weighted by molar-refractivity contribution is 5.92. The Kier molecular flexibility index (Phi) is 4.17. The molecule has 0 aliphatic carbocycles. The van der Waals surface area contributed by atoms with Gasteiger partial charge in [-0.15, -0.1) is 0 Å². The number of aromatic nitrogens is 3. The quantitative estimate of drug-likeness (QED) is 0.843. The first-order chi connectivity index (χ1) is 11.3. The normalized spacial score (nSPS) is 17.3. The number of rotatable bonds is 3. The van der Waals surface area contributed by atoms with Gasteiger partial charge < -0.3 is 14.2 Å². The van der Waals surface area contributed by atoms with E-state index >= 15 is 0 Å². The zero-order valence-corrected chi connectivity index (χ0v) is 14.4. The Bertz CT molecular complexity index is 837. The topological polar surface area (TPSA) is 69.4 Å². The van der Waals surface area contributed by atoms with Crippen molar-refractivity contribution in [1.82, 2.24) is 19.2 Å². The lowest BCUT2D eigenvalue weighted by atomic mass is 10.3. The average Bonchev–Trinajstić information content (AvgIpc) is 3.10. The van der Waals surface area contributed by atoms with Crippen molar-refractivity contribution >= 4 is 5.91 Å². The summed E-state index contributed by atoms with van der Waals surface area (Å²) in [5.41, 5.74) is 2.15. The molecule has 2 aromatic rings. The van der Waals surface area contributed by atoms with Crippen LogP contribution in [0.25, 0.3) is 0 Å². The Labute approximate surface area is 140 Å². The molecule has 0 radical (unpaired) electrons. The van der Waals surface area contributed by atoms with Crippen molar-refractivity contribution in [3.8, 4) is 5.75 Å². The van der Waals surface area contributed by atoms with Crippen molar-refractivity contribution in [2.75, 3.05) is 13.1 Å². The fourth-order valence-electron chi connectivity index (χ4n) is 2.98. The highest BCUT2D eigenvalue weighted by Crippen LogP contribution is 2.20. The molecular formula is C17H22N4O3. The fraction of sp³-hybridized carbons (Fsp3) is 0.471. The standard InChI is InChI=1S/C17H22N4O3/c1-11-7-15(20(4)18-11)17(23)21-6-5-13(10-21)24-14-8-12(2)19(3)16(22)9-14/h7-9,13H,5-6,10H2,1-4H3. The predicted molar refractivity (Wildman–Crippen MR) is 89.3 cm³/mol. The Morgan fingerprint density at radius 2 is 2.00 bits per heavy atom. The number of ether oxygens (including phenoxy) is 1. The van der Waals surface area contributed by atoms with Gasteiger partial charge in [0.1, 0.15) is 17.5 Å². The molecule has 2 aromatic heterocycles. The van der Waals surface area contributed by atoms with Gasteiger partial charge >= 0.3 is 0 Å². The van der Waals surface area contributed by atoms with Crippen LogP contribution in [0.5, 0.6) is 5.75 Å². The third kappa shape index (κ3) is 3.06. The van der Waals surface area contributed by atoms with E-state index in [-0.39, 0.29) is 17.6 Å². The van der Waals surface area contributed by atoms with Gasteiger partial charge in [0, 0.05) is 38.8 Å². The zero-order chi connectivity index (χ0) is 17.4. The van der Waals surface area contributed by atoms with Crippen molar-refractivity contribution in [2.24, 2.45) is 14.1 Å². The van der Waals surface area contributed by atoms with E-state index in [1.54, 1.807) is 34.3 Å². The Morgan fingerprint density at radius 3 is 2.62 bits per heavy atom. The first-order valence-corrected chi connectivity index (χ1v) is 7.99. The second kappa shape index (κ2) is 6.14. The number of likely N-dealkylation sites (tertiary alicyclic amines) is 1. The molecule has 0 aromatic carbocycles. The van der Waals surface area contributed by atoms with Gasteiger partial charge in [0.25, 0.3) is 11.5 Å². The van der Waals surface area contributed by atoms with Crippen molar-refractivity contribution in [3.63, 3.8) is 0 Å². The molecule has 0 spiro atoms. The lowest BCUT2D eigenvalue weighted by Crippen LogP contribution is -2.32. The maximum Gasteiger partial charge on any atom is 0.272 e. The van der Waals surface area contributed by atoms with Gasteiger partial charge in [0.15, 0.2) is 0 Å². The third-order valence-corrected chi connectivity index (χ3v) is 4.43. The summed E-state index contributed by atoms with van der Waals surface area (Å²) in [6.07, 6.45) is 0.645. The number of hydrogen-bond donors (Lipinski definition) is 0. The molecule has 1 saturated heterocycles. The minimum Gasteiger partial charge on any atom is -0.488 e. The van der Waals surface area contributed by atoms with Gasteiger partial charge in [-0.3, -0.25) is 14.3 Å². The highest BCUT2D eigenvalue weighted by Gasteiger charge is 2.30. The van der Waals surface area contributed by atoms with Crippen LogP contribution in [0.4, 0.5) is 0 Å². The zero-order valence-electron chi connectivity index (χ0n) is 14.4. The summed E-state index contributed by atoms with van der Waals surface area (Å²) >= 11 is 0. The molecule has 1 amide bonds. The number of pyridine rings is 1. The summed E-state index contributed by atoms with van der Waals surface area (Å²) in [4.78, 5) is 26.2. The molecular weight excluding hydrogens is 308 g/mol. The lowest BCUT2D eigenvalue weighted by molar-refractivity contribution is 0.0761. The molecule has 3 heterocycles. The van der Waals surface area contributed by atoms with E-state index in [0.717, 1.165) is 17.8 Å². The van der Waals surface area contributed by atoms with Gasteiger partial charge in [0.2, 0.25) is 0 Å². The van der Waals surface area contributed by atoms with Crippen molar-refractivity contribution in [2.45, 2.75) is 26.4 Å². The molecule has 1 fully saturated rings. The van der Waals surface area contributed by atoms with Gasteiger partial charge in [-0.05, 0) is 26.0 Å². The lowest BCUT2D eigenvalue weighted by Gasteiger charge is -2.17. The number of nitrogens with zero attached hydrogens (tertiary/aromatic N) is 4. The van der Waals surface area contributed by atoms with Gasteiger partial charge in [-0.25, -0.2) is 0 Å². The van der Waals surface area contributed by atoms with Crippen molar-refractivity contribution < 1.29 is 9.53 Å². The van der Waals surface area contributed by atoms with Crippen LogP contribution in [0.15, 0.2) is 23.0 Å². The smallest absolute Gasteiger partial charge is 0.272 e. The Morgan fingerprint density at radius 1 is 1.25 bits per heavy atom. The van der Waals surface area contributed by atoms with E-state index in [9.17, 15) is 9.59 Å². The molecule has 7 nitrogen and oxygen atoms in total. The van der Waals surface area contributed by atoms with Crippen LogP contribution in [-0.4, -0.2) is 44.3 Å². The molecule has 7 heteroatoms.